The zero-order valence-corrected chi connectivity index (χ0v) is 14.7. The SMILES string of the molecule is Clc1ccccc1-c1nc(-c2ccccc2)[nH]c1-c1ccccc1Cl. The van der Waals surface area contributed by atoms with Crippen LogP contribution in [0.25, 0.3) is 33.9 Å². The lowest BCUT2D eigenvalue weighted by molar-refractivity contribution is 1.31. The Kier molecular flexibility index (Phi) is 4.31. The fraction of sp³-hybridized carbons (Fsp3) is 0. The van der Waals surface area contributed by atoms with E-state index in [0.29, 0.717) is 10.0 Å². The van der Waals surface area contributed by atoms with Gasteiger partial charge in [-0.05, 0) is 12.1 Å². The molecule has 1 heterocycles. The molecule has 0 aliphatic heterocycles. The highest BCUT2D eigenvalue weighted by Crippen LogP contribution is 2.38. The lowest BCUT2D eigenvalue weighted by Gasteiger charge is -2.06. The predicted octanol–water partition coefficient (Wildman–Crippen LogP) is 6.72. The van der Waals surface area contributed by atoms with Gasteiger partial charge in [0.2, 0.25) is 0 Å². The van der Waals surface area contributed by atoms with Crippen molar-refractivity contribution in [3.8, 4) is 33.9 Å². The van der Waals surface area contributed by atoms with E-state index in [9.17, 15) is 0 Å². The van der Waals surface area contributed by atoms with Crippen LogP contribution in [-0.4, -0.2) is 9.97 Å². The van der Waals surface area contributed by atoms with Gasteiger partial charge in [-0.3, -0.25) is 0 Å². The van der Waals surface area contributed by atoms with E-state index >= 15 is 0 Å². The van der Waals surface area contributed by atoms with Crippen molar-refractivity contribution >= 4 is 23.2 Å². The maximum absolute atomic E-state index is 6.43. The van der Waals surface area contributed by atoms with Gasteiger partial charge in [-0.15, -0.1) is 0 Å². The summed E-state index contributed by atoms with van der Waals surface area (Å²) in [5.74, 6) is 0.783. The van der Waals surface area contributed by atoms with Crippen LogP contribution in [0.15, 0.2) is 78.9 Å². The Hall–Kier alpha value is -2.55. The molecule has 0 atom stereocenters. The molecule has 0 amide bonds. The van der Waals surface area contributed by atoms with E-state index in [1.165, 1.54) is 0 Å². The predicted molar refractivity (Wildman–Crippen MR) is 105 cm³/mol. The second kappa shape index (κ2) is 6.75. The summed E-state index contributed by atoms with van der Waals surface area (Å²) in [6, 6.07) is 25.4. The lowest BCUT2D eigenvalue weighted by atomic mass is 10.1. The van der Waals surface area contributed by atoms with Crippen molar-refractivity contribution in [3.05, 3.63) is 88.9 Å². The first kappa shape index (κ1) is 15.9. The highest BCUT2D eigenvalue weighted by atomic mass is 35.5. The summed E-state index contributed by atoms with van der Waals surface area (Å²) in [7, 11) is 0. The number of halogens is 2. The molecule has 25 heavy (non-hydrogen) atoms. The molecule has 0 aliphatic rings. The molecule has 0 fully saturated rings. The van der Waals surface area contributed by atoms with Crippen molar-refractivity contribution in [2.24, 2.45) is 0 Å². The average molecular weight is 365 g/mol. The summed E-state index contributed by atoms with van der Waals surface area (Å²) in [5.41, 5.74) is 4.43. The number of rotatable bonds is 3. The smallest absolute Gasteiger partial charge is 0.138 e. The minimum atomic E-state index is 0.655. The van der Waals surface area contributed by atoms with Gasteiger partial charge in [-0.2, -0.15) is 0 Å². The molecule has 4 aromatic rings. The van der Waals surface area contributed by atoms with Crippen LogP contribution >= 0.6 is 23.2 Å². The van der Waals surface area contributed by atoms with Gasteiger partial charge in [0.05, 0.1) is 16.4 Å². The molecule has 3 aromatic carbocycles. The molecular weight excluding hydrogens is 351 g/mol. The number of imidazole rings is 1. The van der Waals surface area contributed by atoms with Crippen LogP contribution < -0.4 is 0 Å². The van der Waals surface area contributed by atoms with E-state index in [4.69, 9.17) is 28.2 Å². The van der Waals surface area contributed by atoms with Crippen LogP contribution in [0.5, 0.6) is 0 Å². The Morgan fingerprint density at radius 2 is 1.20 bits per heavy atom. The van der Waals surface area contributed by atoms with Gasteiger partial charge in [0, 0.05) is 21.7 Å². The van der Waals surface area contributed by atoms with Crippen molar-refractivity contribution in [2.45, 2.75) is 0 Å². The lowest BCUT2D eigenvalue weighted by Crippen LogP contribution is -1.85. The van der Waals surface area contributed by atoms with Gasteiger partial charge in [0.1, 0.15) is 5.82 Å². The molecular formula is C21H14Cl2N2. The van der Waals surface area contributed by atoms with Crippen LogP contribution in [0.1, 0.15) is 0 Å². The van der Waals surface area contributed by atoms with Crippen molar-refractivity contribution in [1.82, 2.24) is 9.97 Å². The number of nitrogens with one attached hydrogen (secondary N) is 1. The molecule has 2 nitrogen and oxygen atoms in total. The number of aromatic nitrogens is 2. The Morgan fingerprint density at radius 3 is 1.84 bits per heavy atom. The van der Waals surface area contributed by atoms with E-state index in [1.807, 2.05) is 78.9 Å². The third kappa shape index (κ3) is 3.07. The third-order valence-corrected chi connectivity index (χ3v) is 4.68. The molecule has 0 radical (unpaired) electrons. The number of benzene rings is 3. The zero-order valence-electron chi connectivity index (χ0n) is 13.2. The molecule has 4 heteroatoms. The molecule has 0 saturated heterocycles. The Balaban J connectivity index is 1.97. The summed E-state index contributed by atoms with van der Waals surface area (Å²) in [6.07, 6.45) is 0. The van der Waals surface area contributed by atoms with Crippen LogP contribution in [0.3, 0.4) is 0 Å². The van der Waals surface area contributed by atoms with Crippen LogP contribution in [0, 0.1) is 0 Å². The number of hydrogen-bond acceptors (Lipinski definition) is 1. The molecule has 1 aromatic heterocycles. The van der Waals surface area contributed by atoms with E-state index in [2.05, 4.69) is 4.98 Å². The molecule has 0 aliphatic carbocycles. The fourth-order valence-corrected chi connectivity index (χ4v) is 3.27. The number of aromatic amines is 1. The van der Waals surface area contributed by atoms with Crippen molar-refractivity contribution < 1.29 is 0 Å². The van der Waals surface area contributed by atoms with E-state index in [-0.39, 0.29) is 0 Å². The monoisotopic (exact) mass is 364 g/mol. The first-order valence-corrected chi connectivity index (χ1v) is 8.65. The second-order valence-corrected chi connectivity index (χ2v) is 6.45. The van der Waals surface area contributed by atoms with Crippen LogP contribution in [-0.2, 0) is 0 Å². The molecule has 1 N–H and O–H groups in total. The third-order valence-electron chi connectivity index (χ3n) is 4.02. The number of nitrogens with zero attached hydrogens (tertiary/aromatic N) is 1. The highest BCUT2D eigenvalue weighted by molar-refractivity contribution is 6.34. The fourth-order valence-electron chi connectivity index (χ4n) is 2.81. The highest BCUT2D eigenvalue weighted by Gasteiger charge is 2.18. The zero-order chi connectivity index (χ0) is 17.2. The Morgan fingerprint density at radius 1 is 0.640 bits per heavy atom. The van der Waals surface area contributed by atoms with Gasteiger partial charge in [0.25, 0.3) is 0 Å². The van der Waals surface area contributed by atoms with Crippen LogP contribution in [0.2, 0.25) is 10.0 Å². The molecule has 0 unspecified atom stereocenters. The summed E-state index contributed by atoms with van der Waals surface area (Å²) < 4.78 is 0. The van der Waals surface area contributed by atoms with Gasteiger partial charge in [0.15, 0.2) is 0 Å². The summed E-state index contributed by atoms with van der Waals surface area (Å²) in [5, 5.41) is 1.32. The summed E-state index contributed by atoms with van der Waals surface area (Å²) >= 11 is 12.9. The minimum absolute atomic E-state index is 0.655. The minimum Gasteiger partial charge on any atom is -0.337 e. The first-order valence-electron chi connectivity index (χ1n) is 7.89. The molecule has 0 saturated carbocycles. The average Bonchev–Trinajstić information content (AvgIpc) is 3.08. The van der Waals surface area contributed by atoms with Crippen molar-refractivity contribution in [1.29, 1.82) is 0 Å². The second-order valence-electron chi connectivity index (χ2n) is 5.63. The largest absolute Gasteiger partial charge is 0.337 e. The van der Waals surface area contributed by atoms with Crippen LogP contribution in [0.4, 0.5) is 0 Å². The van der Waals surface area contributed by atoms with E-state index in [1.54, 1.807) is 0 Å². The van der Waals surface area contributed by atoms with Gasteiger partial charge < -0.3 is 4.98 Å². The molecule has 122 valence electrons. The maximum Gasteiger partial charge on any atom is 0.138 e. The molecule has 0 spiro atoms. The maximum atomic E-state index is 6.43. The number of hydrogen-bond donors (Lipinski definition) is 1. The van der Waals surface area contributed by atoms with E-state index in [0.717, 1.165) is 33.9 Å². The van der Waals surface area contributed by atoms with Crippen molar-refractivity contribution in [3.63, 3.8) is 0 Å². The Bertz CT molecular complexity index is 960. The Labute approximate surface area is 156 Å². The first-order chi connectivity index (χ1) is 12.2. The standard InChI is InChI=1S/C21H14Cl2N2/c22-17-12-6-4-10-15(17)19-20(16-11-5-7-13-18(16)23)25-21(24-19)14-8-2-1-3-9-14/h1-13H,(H,24,25). The topological polar surface area (TPSA) is 28.7 Å². The summed E-state index contributed by atoms with van der Waals surface area (Å²) in [4.78, 5) is 8.26. The molecule has 0 bridgehead atoms. The van der Waals surface area contributed by atoms with Gasteiger partial charge >= 0.3 is 0 Å². The van der Waals surface area contributed by atoms with E-state index < -0.39 is 0 Å². The quantitative estimate of drug-likeness (QED) is 0.429. The van der Waals surface area contributed by atoms with Crippen molar-refractivity contribution in [2.75, 3.05) is 0 Å². The molecule has 4 rings (SSSR count). The normalized spacial score (nSPS) is 10.8. The van der Waals surface area contributed by atoms with Gasteiger partial charge in [-0.1, -0.05) is 89.9 Å². The van der Waals surface area contributed by atoms with Gasteiger partial charge in [-0.25, -0.2) is 4.98 Å². The number of H-pyrrole nitrogens is 1. The summed E-state index contributed by atoms with van der Waals surface area (Å²) in [6.45, 7) is 0.